The van der Waals surface area contributed by atoms with Gasteiger partial charge in [0.2, 0.25) is 5.91 Å². The van der Waals surface area contributed by atoms with Gasteiger partial charge in [-0.25, -0.2) is 0 Å². The van der Waals surface area contributed by atoms with Crippen LogP contribution >= 0.6 is 0 Å². The first-order chi connectivity index (χ1) is 12.0. The summed E-state index contributed by atoms with van der Waals surface area (Å²) in [7, 11) is 0. The zero-order valence-corrected chi connectivity index (χ0v) is 14.9. The number of carboxylic acids is 1. The average Bonchev–Trinajstić information content (AvgIpc) is 2.53. The van der Waals surface area contributed by atoms with Gasteiger partial charge in [0.15, 0.2) is 0 Å². The summed E-state index contributed by atoms with van der Waals surface area (Å²) in [6.45, 7) is 5.36. The van der Waals surface area contributed by atoms with E-state index in [2.05, 4.69) is 10.6 Å². The van der Waals surface area contributed by atoms with Crippen LogP contribution in [0.1, 0.15) is 44.0 Å². The van der Waals surface area contributed by atoms with Gasteiger partial charge in [0.1, 0.15) is 0 Å². The number of carbonyl (C=O) groups excluding carboxylic acids is 2. The quantitative estimate of drug-likeness (QED) is 0.450. The highest BCUT2D eigenvalue weighted by atomic mass is 16.6. The fraction of sp³-hybridized carbons (Fsp3) is 0.471. The second-order valence-corrected chi connectivity index (χ2v) is 6.50. The number of nitro benzene ring substituents is 1. The topological polar surface area (TPSA) is 139 Å². The molecule has 2 amide bonds. The number of benzene rings is 1. The minimum absolute atomic E-state index is 0.0132. The van der Waals surface area contributed by atoms with Gasteiger partial charge in [0.05, 0.1) is 11.3 Å². The zero-order chi connectivity index (χ0) is 19.9. The number of hydrogen-bond donors (Lipinski definition) is 3. The molecule has 0 saturated carbocycles. The average molecular weight is 365 g/mol. The first-order valence-electron chi connectivity index (χ1n) is 8.10. The summed E-state index contributed by atoms with van der Waals surface area (Å²) >= 11 is 0. The number of carboxylic acid groups (broad SMARTS) is 1. The molecule has 3 N–H and O–H groups in total. The monoisotopic (exact) mass is 365 g/mol. The van der Waals surface area contributed by atoms with Crippen molar-refractivity contribution in [1.29, 1.82) is 0 Å². The number of non-ortho nitro benzene ring substituents is 1. The Morgan fingerprint density at radius 3 is 2.27 bits per heavy atom. The summed E-state index contributed by atoms with van der Waals surface area (Å²) in [5, 5.41) is 24.8. The molecule has 1 rings (SSSR count). The van der Waals surface area contributed by atoms with Crippen molar-refractivity contribution in [3.8, 4) is 0 Å². The summed E-state index contributed by atoms with van der Waals surface area (Å²) < 4.78 is 0. The van der Waals surface area contributed by atoms with Crippen LogP contribution in [0.15, 0.2) is 24.3 Å². The lowest BCUT2D eigenvalue weighted by Gasteiger charge is -2.33. The molecule has 0 saturated heterocycles. The van der Waals surface area contributed by atoms with E-state index >= 15 is 0 Å². The third-order valence-electron chi connectivity index (χ3n) is 4.20. The van der Waals surface area contributed by atoms with Crippen molar-refractivity contribution < 1.29 is 24.4 Å². The number of carbonyl (C=O) groups is 3. The van der Waals surface area contributed by atoms with Gasteiger partial charge in [-0.15, -0.1) is 0 Å². The molecule has 1 aromatic rings. The van der Waals surface area contributed by atoms with Gasteiger partial charge in [0, 0.05) is 36.2 Å². The lowest BCUT2D eigenvalue weighted by atomic mass is 9.85. The van der Waals surface area contributed by atoms with Gasteiger partial charge in [0.25, 0.3) is 11.6 Å². The standard InChI is InChI=1S/C17H23N3O6/c1-11(2)17(3,10-15(22)23)19-14(21)8-9-18-16(24)12-4-6-13(7-5-12)20(25)26/h4-7,11H,8-10H2,1-3H3,(H,18,24)(H,19,21)(H,22,23). The molecule has 0 bridgehead atoms. The Labute approximate surface area is 150 Å². The van der Waals surface area contributed by atoms with Crippen LogP contribution < -0.4 is 10.6 Å². The predicted octanol–water partition coefficient (Wildman–Crippen LogP) is 1.72. The molecule has 1 aromatic carbocycles. The van der Waals surface area contributed by atoms with Gasteiger partial charge in [-0.2, -0.15) is 0 Å². The smallest absolute Gasteiger partial charge is 0.305 e. The van der Waals surface area contributed by atoms with Crippen LogP contribution in [0.4, 0.5) is 5.69 Å². The number of amides is 2. The Morgan fingerprint density at radius 1 is 1.23 bits per heavy atom. The summed E-state index contributed by atoms with van der Waals surface area (Å²) in [5.41, 5.74) is -0.757. The van der Waals surface area contributed by atoms with E-state index in [9.17, 15) is 24.5 Å². The van der Waals surface area contributed by atoms with Gasteiger partial charge < -0.3 is 15.7 Å². The van der Waals surface area contributed by atoms with E-state index < -0.39 is 22.3 Å². The van der Waals surface area contributed by atoms with Crippen LogP contribution in [0, 0.1) is 16.0 Å². The molecule has 0 radical (unpaired) electrons. The molecule has 0 aliphatic heterocycles. The van der Waals surface area contributed by atoms with E-state index in [1.165, 1.54) is 24.3 Å². The highest BCUT2D eigenvalue weighted by molar-refractivity contribution is 5.94. The highest BCUT2D eigenvalue weighted by Gasteiger charge is 2.32. The van der Waals surface area contributed by atoms with Crippen molar-refractivity contribution in [2.24, 2.45) is 5.92 Å². The predicted molar refractivity (Wildman–Crippen MR) is 93.7 cm³/mol. The fourth-order valence-corrected chi connectivity index (χ4v) is 2.21. The van der Waals surface area contributed by atoms with E-state index in [0.29, 0.717) is 0 Å². The number of nitrogens with one attached hydrogen (secondary N) is 2. The van der Waals surface area contributed by atoms with Gasteiger partial charge in [-0.3, -0.25) is 24.5 Å². The van der Waals surface area contributed by atoms with Crippen molar-refractivity contribution in [2.75, 3.05) is 6.54 Å². The molecular formula is C17H23N3O6. The van der Waals surface area contributed by atoms with E-state index in [1.54, 1.807) is 6.92 Å². The van der Waals surface area contributed by atoms with E-state index in [0.717, 1.165) is 0 Å². The van der Waals surface area contributed by atoms with Gasteiger partial charge in [-0.05, 0) is 25.0 Å². The molecule has 26 heavy (non-hydrogen) atoms. The van der Waals surface area contributed by atoms with Crippen LogP contribution in [-0.4, -0.2) is 39.9 Å². The lowest BCUT2D eigenvalue weighted by Crippen LogP contribution is -2.51. The normalized spacial score (nSPS) is 12.9. The van der Waals surface area contributed by atoms with Crippen molar-refractivity contribution in [3.63, 3.8) is 0 Å². The number of hydrogen-bond acceptors (Lipinski definition) is 5. The summed E-state index contributed by atoms with van der Waals surface area (Å²) in [5.74, 6) is -1.92. The van der Waals surface area contributed by atoms with Gasteiger partial charge in [-0.1, -0.05) is 13.8 Å². The third-order valence-corrected chi connectivity index (χ3v) is 4.20. The zero-order valence-electron chi connectivity index (χ0n) is 14.9. The minimum atomic E-state index is -1.01. The van der Waals surface area contributed by atoms with Crippen LogP contribution in [-0.2, 0) is 9.59 Å². The fourth-order valence-electron chi connectivity index (χ4n) is 2.21. The van der Waals surface area contributed by atoms with E-state index in [-0.39, 0.29) is 42.5 Å². The Bertz CT molecular complexity index is 686. The Balaban J connectivity index is 2.53. The number of nitro groups is 1. The van der Waals surface area contributed by atoms with Crippen molar-refractivity contribution in [1.82, 2.24) is 10.6 Å². The molecule has 0 aliphatic carbocycles. The van der Waals surface area contributed by atoms with Crippen LogP contribution in [0.3, 0.4) is 0 Å². The number of aliphatic carboxylic acids is 1. The van der Waals surface area contributed by atoms with E-state index in [4.69, 9.17) is 5.11 Å². The maximum Gasteiger partial charge on any atom is 0.305 e. The summed E-state index contributed by atoms with van der Waals surface area (Å²) in [6.07, 6.45) is -0.216. The molecule has 0 heterocycles. The molecule has 0 fully saturated rings. The van der Waals surface area contributed by atoms with Crippen LogP contribution in [0.2, 0.25) is 0 Å². The highest BCUT2D eigenvalue weighted by Crippen LogP contribution is 2.21. The molecule has 9 nitrogen and oxygen atoms in total. The van der Waals surface area contributed by atoms with Crippen molar-refractivity contribution in [2.45, 2.75) is 39.2 Å². The lowest BCUT2D eigenvalue weighted by molar-refractivity contribution is -0.384. The second-order valence-electron chi connectivity index (χ2n) is 6.50. The van der Waals surface area contributed by atoms with Crippen molar-refractivity contribution >= 4 is 23.5 Å². The van der Waals surface area contributed by atoms with Crippen LogP contribution in [0.5, 0.6) is 0 Å². The van der Waals surface area contributed by atoms with Crippen molar-refractivity contribution in [3.05, 3.63) is 39.9 Å². The van der Waals surface area contributed by atoms with Gasteiger partial charge >= 0.3 is 5.97 Å². The maximum absolute atomic E-state index is 12.1. The first-order valence-corrected chi connectivity index (χ1v) is 8.10. The molecule has 9 heteroatoms. The molecule has 1 atom stereocenters. The summed E-state index contributed by atoms with van der Waals surface area (Å²) in [4.78, 5) is 45.0. The maximum atomic E-state index is 12.1. The molecule has 0 spiro atoms. The molecule has 142 valence electrons. The SMILES string of the molecule is CC(C)C(C)(CC(=O)O)NC(=O)CCNC(=O)c1ccc([N+](=O)[O-])cc1. The molecule has 1 unspecified atom stereocenters. The minimum Gasteiger partial charge on any atom is -0.481 e. The number of rotatable bonds is 9. The summed E-state index contributed by atoms with van der Waals surface area (Å²) in [6, 6.07) is 5.11. The Morgan fingerprint density at radius 2 is 1.81 bits per heavy atom. The second kappa shape index (κ2) is 8.93. The molecular weight excluding hydrogens is 342 g/mol. The van der Waals surface area contributed by atoms with E-state index in [1.807, 2.05) is 13.8 Å². The third kappa shape index (κ3) is 6.15. The van der Waals surface area contributed by atoms with Crippen LogP contribution in [0.25, 0.3) is 0 Å². The first kappa shape index (κ1) is 21.1. The molecule has 0 aromatic heterocycles. The Hall–Kier alpha value is -2.97. The number of nitrogens with zero attached hydrogens (tertiary/aromatic N) is 1. The Kier molecular flexibility index (Phi) is 7.24. The largest absolute Gasteiger partial charge is 0.481 e. The molecule has 0 aliphatic rings.